The normalized spacial score (nSPS) is 15.8. The topological polar surface area (TPSA) is 9.23 Å². The standard InChI is InChI=1S/C10H11ClO/c11-6-8-1-2-9-3-4-12-7-10(9)5-8/h1-2,5H,3-4,6-7H2. The van der Waals surface area contributed by atoms with Crippen LogP contribution >= 0.6 is 11.6 Å². The number of fused-ring (bicyclic) bond motifs is 1. The van der Waals surface area contributed by atoms with Gasteiger partial charge in [0.05, 0.1) is 13.2 Å². The summed E-state index contributed by atoms with van der Waals surface area (Å²) >= 11 is 5.73. The van der Waals surface area contributed by atoms with Crippen molar-refractivity contribution in [2.75, 3.05) is 6.61 Å². The van der Waals surface area contributed by atoms with E-state index in [1.807, 2.05) is 0 Å². The van der Waals surface area contributed by atoms with Crippen LogP contribution in [0.2, 0.25) is 0 Å². The summed E-state index contributed by atoms with van der Waals surface area (Å²) in [5.41, 5.74) is 3.90. The van der Waals surface area contributed by atoms with Crippen molar-refractivity contribution in [2.45, 2.75) is 18.9 Å². The minimum absolute atomic E-state index is 0.591. The monoisotopic (exact) mass is 182 g/mol. The van der Waals surface area contributed by atoms with Crippen LogP contribution < -0.4 is 0 Å². The Bertz CT molecular complexity index is 283. The highest BCUT2D eigenvalue weighted by atomic mass is 35.5. The highest BCUT2D eigenvalue weighted by molar-refractivity contribution is 6.17. The summed E-state index contributed by atoms with van der Waals surface area (Å²) < 4.78 is 5.35. The predicted octanol–water partition coefficient (Wildman–Crippen LogP) is 2.50. The molecule has 0 fully saturated rings. The van der Waals surface area contributed by atoms with Crippen LogP contribution in [0.25, 0.3) is 0 Å². The summed E-state index contributed by atoms with van der Waals surface area (Å²) in [6.07, 6.45) is 1.04. The lowest BCUT2D eigenvalue weighted by Gasteiger charge is -2.16. The van der Waals surface area contributed by atoms with Gasteiger partial charge < -0.3 is 4.74 Å². The van der Waals surface area contributed by atoms with E-state index in [1.54, 1.807) is 0 Å². The average Bonchev–Trinajstić information content (AvgIpc) is 2.17. The van der Waals surface area contributed by atoms with Crippen molar-refractivity contribution in [1.82, 2.24) is 0 Å². The van der Waals surface area contributed by atoms with E-state index in [9.17, 15) is 0 Å². The minimum atomic E-state index is 0.591. The van der Waals surface area contributed by atoms with E-state index in [-0.39, 0.29) is 0 Å². The Morgan fingerprint density at radius 1 is 1.33 bits per heavy atom. The molecule has 1 heterocycles. The number of rotatable bonds is 1. The first-order valence-electron chi connectivity index (χ1n) is 4.14. The van der Waals surface area contributed by atoms with E-state index in [1.165, 1.54) is 16.7 Å². The van der Waals surface area contributed by atoms with E-state index in [0.717, 1.165) is 19.6 Å². The highest BCUT2D eigenvalue weighted by Crippen LogP contribution is 2.18. The fraction of sp³-hybridized carbons (Fsp3) is 0.400. The fourth-order valence-corrected chi connectivity index (χ4v) is 1.67. The van der Waals surface area contributed by atoms with Gasteiger partial charge in [-0.3, -0.25) is 0 Å². The van der Waals surface area contributed by atoms with E-state index in [2.05, 4.69) is 18.2 Å². The zero-order chi connectivity index (χ0) is 8.39. The third-order valence-electron chi connectivity index (χ3n) is 2.20. The number of ether oxygens (including phenoxy) is 1. The van der Waals surface area contributed by atoms with Crippen LogP contribution in [0.15, 0.2) is 18.2 Å². The third kappa shape index (κ3) is 1.47. The first kappa shape index (κ1) is 8.09. The van der Waals surface area contributed by atoms with Crippen molar-refractivity contribution in [1.29, 1.82) is 0 Å². The van der Waals surface area contributed by atoms with E-state index in [4.69, 9.17) is 16.3 Å². The molecule has 2 heteroatoms. The first-order valence-corrected chi connectivity index (χ1v) is 4.68. The third-order valence-corrected chi connectivity index (χ3v) is 2.51. The van der Waals surface area contributed by atoms with Crippen LogP contribution in [0.4, 0.5) is 0 Å². The Kier molecular flexibility index (Phi) is 2.33. The van der Waals surface area contributed by atoms with Crippen molar-refractivity contribution in [3.63, 3.8) is 0 Å². The Hall–Kier alpha value is -0.530. The smallest absolute Gasteiger partial charge is 0.0719 e. The predicted molar refractivity (Wildman–Crippen MR) is 49.4 cm³/mol. The van der Waals surface area contributed by atoms with Crippen LogP contribution in [0.5, 0.6) is 0 Å². The van der Waals surface area contributed by atoms with Crippen LogP contribution in [0.3, 0.4) is 0 Å². The molecule has 0 bridgehead atoms. The van der Waals surface area contributed by atoms with Gasteiger partial charge in [-0.05, 0) is 23.1 Å². The Morgan fingerprint density at radius 2 is 2.25 bits per heavy atom. The van der Waals surface area contributed by atoms with Gasteiger partial charge in [-0.15, -0.1) is 11.6 Å². The molecular formula is C10H11ClO. The van der Waals surface area contributed by atoms with Gasteiger partial charge in [0, 0.05) is 5.88 Å². The first-order chi connectivity index (χ1) is 5.90. The molecule has 0 unspecified atom stereocenters. The van der Waals surface area contributed by atoms with Gasteiger partial charge in [0.1, 0.15) is 0 Å². The lowest BCUT2D eigenvalue weighted by atomic mass is 10.0. The van der Waals surface area contributed by atoms with Gasteiger partial charge in [-0.25, -0.2) is 0 Å². The van der Waals surface area contributed by atoms with Gasteiger partial charge in [0.15, 0.2) is 0 Å². The molecule has 2 rings (SSSR count). The lowest BCUT2D eigenvalue weighted by molar-refractivity contribution is 0.110. The quantitative estimate of drug-likeness (QED) is 0.607. The van der Waals surface area contributed by atoms with Crippen molar-refractivity contribution in [3.8, 4) is 0 Å². The molecule has 64 valence electrons. The summed E-state index contributed by atoms with van der Waals surface area (Å²) in [5.74, 6) is 0.591. The second-order valence-electron chi connectivity index (χ2n) is 3.04. The molecule has 0 amide bonds. The molecule has 0 atom stereocenters. The molecule has 0 saturated heterocycles. The molecule has 0 saturated carbocycles. The summed E-state index contributed by atoms with van der Waals surface area (Å²) in [4.78, 5) is 0. The largest absolute Gasteiger partial charge is 0.376 e. The number of halogens is 1. The Labute approximate surface area is 77.3 Å². The van der Waals surface area contributed by atoms with Crippen molar-refractivity contribution in [2.24, 2.45) is 0 Å². The molecule has 0 aliphatic carbocycles. The summed E-state index contributed by atoms with van der Waals surface area (Å²) in [7, 11) is 0. The minimum Gasteiger partial charge on any atom is -0.376 e. The molecule has 0 aromatic heterocycles. The second-order valence-corrected chi connectivity index (χ2v) is 3.31. The molecule has 0 spiro atoms. The molecule has 1 aliphatic heterocycles. The number of alkyl halides is 1. The maximum absolute atomic E-state index is 5.73. The Morgan fingerprint density at radius 3 is 3.08 bits per heavy atom. The zero-order valence-electron chi connectivity index (χ0n) is 6.85. The molecule has 12 heavy (non-hydrogen) atoms. The molecular weight excluding hydrogens is 172 g/mol. The van der Waals surface area contributed by atoms with Crippen LogP contribution in [0.1, 0.15) is 16.7 Å². The number of hydrogen-bond acceptors (Lipinski definition) is 1. The summed E-state index contributed by atoms with van der Waals surface area (Å²) in [6.45, 7) is 1.60. The van der Waals surface area contributed by atoms with E-state index >= 15 is 0 Å². The molecule has 1 nitrogen and oxygen atoms in total. The highest BCUT2D eigenvalue weighted by Gasteiger charge is 2.08. The molecule has 0 N–H and O–H groups in total. The van der Waals surface area contributed by atoms with Gasteiger partial charge in [-0.2, -0.15) is 0 Å². The van der Waals surface area contributed by atoms with E-state index in [0.29, 0.717) is 5.88 Å². The van der Waals surface area contributed by atoms with Crippen LogP contribution in [-0.4, -0.2) is 6.61 Å². The van der Waals surface area contributed by atoms with Gasteiger partial charge in [-0.1, -0.05) is 18.2 Å². The lowest BCUT2D eigenvalue weighted by Crippen LogP contribution is -2.09. The van der Waals surface area contributed by atoms with Crippen molar-refractivity contribution in [3.05, 3.63) is 34.9 Å². The van der Waals surface area contributed by atoms with Crippen LogP contribution in [-0.2, 0) is 23.6 Å². The van der Waals surface area contributed by atoms with Gasteiger partial charge in [0.2, 0.25) is 0 Å². The molecule has 0 radical (unpaired) electrons. The maximum Gasteiger partial charge on any atom is 0.0719 e. The van der Waals surface area contributed by atoms with Gasteiger partial charge in [0.25, 0.3) is 0 Å². The molecule has 1 aromatic carbocycles. The maximum atomic E-state index is 5.73. The zero-order valence-corrected chi connectivity index (χ0v) is 7.60. The number of benzene rings is 1. The van der Waals surface area contributed by atoms with Crippen molar-refractivity contribution < 1.29 is 4.74 Å². The average molecular weight is 183 g/mol. The van der Waals surface area contributed by atoms with Gasteiger partial charge >= 0.3 is 0 Å². The summed E-state index contributed by atoms with van der Waals surface area (Å²) in [6, 6.07) is 6.40. The SMILES string of the molecule is ClCc1ccc2c(c1)COCC2. The van der Waals surface area contributed by atoms with Crippen molar-refractivity contribution >= 4 is 11.6 Å². The second kappa shape index (κ2) is 3.46. The molecule has 1 aliphatic rings. The fourth-order valence-electron chi connectivity index (χ4n) is 1.50. The number of hydrogen-bond donors (Lipinski definition) is 0. The van der Waals surface area contributed by atoms with Crippen LogP contribution in [0, 0.1) is 0 Å². The molecule has 1 aromatic rings. The van der Waals surface area contributed by atoms with E-state index < -0.39 is 0 Å². The Balaban J connectivity index is 2.36. The summed E-state index contributed by atoms with van der Waals surface area (Å²) in [5, 5.41) is 0.